The maximum Gasteiger partial charge on any atom is 0.0398 e. The van der Waals surface area contributed by atoms with Gasteiger partial charge in [-0.3, -0.25) is 0 Å². The highest BCUT2D eigenvalue weighted by molar-refractivity contribution is 8.01. The molecule has 1 unspecified atom stereocenters. The van der Waals surface area contributed by atoms with Crippen LogP contribution in [-0.2, 0) is 0 Å². The first-order chi connectivity index (χ1) is 24.7. The summed E-state index contributed by atoms with van der Waals surface area (Å²) >= 11 is 3.99. The molecule has 0 spiro atoms. The van der Waals surface area contributed by atoms with E-state index in [-0.39, 0.29) is 0 Å². The van der Waals surface area contributed by atoms with Gasteiger partial charge in [-0.2, -0.15) is 0 Å². The van der Waals surface area contributed by atoms with Crippen molar-refractivity contribution in [2.75, 3.05) is 0 Å². The minimum absolute atomic E-state index is 0.418. The Morgan fingerprint density at radius 1 is 0.420 bits per heavy atom. The van der Waals surface area contributed by atoms with Gasteiger partial charge in [0.1, 0.15) is 0 Å². The van der Waals surface area contributed by atoms with Gasteiger partial charge in [0.25, 0.3) is 0 Å². The maximum atomic E-state index is 2.43. The second-order valence-corrected chi connectivity index (χ2v) is 15.9. The Balaban J connectivity index is 0.965. The largest absolute Gasteiger partial charge is 0.117 e. The Kier molecular flexibility index (Phi) is 6.35. The summed E-state index contributed by atoms with van der Waals surface area (Å²) in [6.07, 6.45) is 1.05. The topological polar surface area (TPSA) is 0 Å². The number of thioether (sulfide) groups is 1. The molecule has 0 amide bonds. The van der Waals surface area contributed by atoms with Gasteiger partial charge in [0.15, 0.2) is 0 Å². The second kappa shape index (κ2) is 11.1. The highest BCUT2D eigenvalue weighted by Gasteiger charge is 2.35. The molecule has 0 fully saturated rings. The van der Waals surface area contributed by atoms with Crippen molar-refractivity contribution in [3.63, 3.8) is 0 Å². The molecular weight excluding hydrogens is 641 g/mol. The SMILES string of the molecule is c1cc2c3c(c1)=C1c4ccc(-c5ccc(-c6ccc7ccccc7c6)cc5)cc4SC1CC=3c1ccc(-c3cccc4ccccc34)cc1S2. The highest BCUT2D eigenvalue weighted by Crippen LogP contribution is 2.51. The van der Waals surface area contributed by atoms with Crippen molar-refractivity contribution in [2.24, 2.45) is 0 Å². The molecule has 1 aliphatic carbocycles. The first-order valence-corrected chi connectivity index (χ1v) is 19.0. The lowest BCUT2D eigenvalue weighted by Crippen LogP contribution is -2.38. The molecule has 3 aliphatic rings. The monoisotopic (exact) mass is 670 g/mol. The molecule has 2 aliphatic heterocycles. The van der Waals surface area contributed by atoms with Crippen LogP contribution in [0.5, 0.6) is 0 Å². The number of benzene rings is 8. The van der Waals surface area contributed by atoms with Gasteiger partial charge in [-0.1, -0.05) is 151 Å². The number of fused-ring (bicyclic) bond motifs is 7. The molecule has 0 bridgehead atoms. The first-order valence-electron chi connectivity index (χ1n) is 17.3. The van der Waals surface area contributed by atoms with Crippen LogP contribution in [0.1, 0.15) is 17.5 Å². The third kappa shape index (κ3) is 4.42. The van der Waals surface area contributed by atoms with Gasteiger partial charge in [-0.15, -0.1) is 11.8 Å². The fourth-order valence-corrected chi connectivity index (χ4v) is 11.0. The summed E-state index contributed by atoms with van der Waals surface area (Å²) in [6.45, 7) is 0. The van der Waals surface area contributed by atoms with Gasteiger partial charge >= 0.3 is 0 Å². The Bertz CT molecular complexity index is 2840. The third-order valence-corrected chi connectivity index (χ3v) is 13.2. The molecule has 0 N–H and O–H groups in total. The molecule has 0 nitrogen and oxygen atoms in total. The van der Waals surface area contributed by atoms with Gasteiger partial charge in [0, 0.05) is 19.9 Å². The fraction of sp³-hybridized carbons (Fsp3) is 0.0417. The Morgan fingerprint density at radius 2 is 1.08 bits per heavy atom. The molecule has 0 saturated carbocycles. The zero-order valence-corrected chi connectivity index (χ0v) is 28.8. The molecule has 1 atom stereocenters. The van der Waals surface area contributed by atoms with E-state index in [0.717, 1.165) is 6.42 Å². The molecule has 234 valence electrons. The van der Waals surface area contributed by atoms with Crippen molar-refractivity contribution >= 4 is 56.2 Å². The van der Waals surface area contributed by atoms with Crippen LogP contribution in [0.3, 0.4) is 0 Å². The van der Waals surface area contributed by atoms with Crippen molar-refractivity contribution in [3.8, 4) is 33.4 Å². The highest BCUT2D eigenvalue weighted by atomic mass is 32.2. The van der Waals surface area contributed by atoms with E-state index in [2.05, 4.69) is 176 Å². The molecule has 50 heavy (non-hydrogen) atoms. The minimum atomic E-state index is 0.418. The molecule has 0 saturated heterocycles. The minimum Gasteiger partial charge on any atom is -0.117 e. The van der Waals surface area contributed by atoms with Crippen LogP contribution in [0.2, 0.25) is 0 Å². The lowest BCUT2D eigenvalue weighted by Gasteiger charge is -2.27. The van der Waals surface area contributed by atoms with Crippen LogP contribution >= 0.6 is 23.5 Å². The molecule has 0 radical (unpaired) electrons. The van der Waals surface area contributed by atoms with Crippen LogP contribution in [0, 0.1) is 0 Å². The second-order valence-electron chi connectivity index (χ2n) is 13.6. The Labute approximate surface area is 299 Å². The summed E-state index contributed by atoms with van der Waals surface area (Å²) in [5.74, 6) is 0. The van der Waals surface area contributed by atoms with Crippen LogP contribution in [0.15, 0.2) is 178 Å². The molecule has 2 heterocycles. The van der Waals surface area contributed by atoms with E-state index >= 15 is 0 Å². The number of hydrogen-bond donors (Lipinski definition) is 0. The van der Waals surface area contributed by atoms with Crippen molar-refractivity contribution in [1.29, 1.82) is 0 Å². The van der Waals surface area contributed by atoms with Crippen molar-refractivity contribution in [3.05, 3.63) is 185 Å². The van der Waals surface area contributed by atoms with E-state index in [1.165, 1.54) is 102 Å². The normalized spacial score (nSPS) is 15.5. The fourth-order valence-electron chi connectivity index (χ4n) is 8.40. The van der Waals surface area contributed by atoms with Gasteiger partial charge in [0.2, 0.25) is 0 Å². The van der Waals surface area contributed by atoms with Crippen molar-refractivity contribution in [2.45, 2.75) is 26.4 Å². The summed E-state index contributed by atoms with van der Waals surface area (Å²) in [4.78, 5) is 4.15. The van der Waals surface area contributed by atoms with Gasteiger partial charge in [-0.25, -0.2) is 0 Å². The van der Waals surface area contributed by atoms with Crippen molar-refractivity contribution < 1.29 is 0 Å². The number of hydrogen-bond acceptors (Lipinski definition) is 2. The van der Waals surface area contributed by atoms with Crippen LogP contribution < -0.4 is 10.4 Å². The van der Waals surface area contributed by atoms with E-state index < -0.39 is 0 Å². The molecule has 2 heteroatoms. The summed E-state index contributed by atoms with van der Waals surface area (Å²) in [7, 11) is 0. The predicted molar refractivity (Wildman–Crippen MR) is 213 cm³/mol. The zero-order valence-electron chi connectivity index (χ0n) is 27.2. The zero-order chi connectivity index (χ0) is 32.8. The average Bonchev–Trinajstić information content (AvgIpc) is 3.55. The predicted octanol–water partition coefficient (Wildman–Crippen LogP) is 11.7. The Hall–Kier alpha value is -5.28. The molecule has 8 aromatic carbocycles. The van der Waals surface area contributed by atoms with Crippen LogP contribution in [0.4, 0.5) is 0 Å². The number of rotatable bonds is 3. The van der Waals surface area contributed by atoms with E-state index in [0.29, 0.717) is 5.25 Å². The van der Waals surface area contributed by atoms with E-state index in [4.69, 9.17) is 0 Å². The quantitative estimate of drug-likeness (QED) is 0.183. The van der Waals surface area contributed by atoms with E-state index in [1.54, 1.807) is 0 Å². The van der Waals surface area contributed by atoms with Crippen LogP contribution in [-0.4, -0.2) is 5.25 Å². The lowest BCUT2D eigenvalue weighted by atomic mass is 9.85. The molecule has 11 rings (SSSR count). The summed E-state index contributed by atoms with van der Waals surface area (Å²) in [5, 5.41) is 8.45. The standard InChI is InChI=1S/C48H30S2/c1-2-9-33-25-34(20-19-29(33)7-1)30-15-17-31(18-16-30)35-21-24-40-45(26-35)50-46-28-42-39-23-22-36(38-12-5-10-32-8-3-4-11-37(32)38)27-44(39)49-43-14-6-13-41(47(40)46)48(42)43/h1-27,46H,28H2. The smallest absolute Gasteiger partial charge is 0.0398 e. The summed E-state index contributed by atoms with van der Waals surface area (Å²) in [6, 6.07) is 61.1. The van der Waals surface area contributed by atoms with Crippen molar-refractivity contribution in [1.82, 2.24) is 0 Å². The van der Waals surface area contributed by atoms with E-state index in [1.807, 2.05) is 11.8 Å². The average molecular weight is 671 g/mol. The van der Waals surface area contributed by atoms with Gasteiger partial charge in [-0.05, 0) is 118 Å². The molecule has 0 aromatic heterocycles. The maximum absolute atomic E-state index is 2.43. The van der Waals surface area contributed by atoms with Gasteiger partial charge in [0.05, 0.1) is 0 Å². The van der Waals surface area contributed by atoms with Crippen LogP contribution in [0.25, 0.3) is 66.1 Å². The third-order valence-electron chi connectivity index (χ3n) is 10.8. The first kappa shape index (κ1) is 28.5. The van der Waals surface area contributed by atoms with Gasteiger partial charge < -0.3 is 0 Å². The summed E-state index contributed by atoms with van der Waals surface area (Å²) < 4.78 is 0. The summed E-state index contributed by atoms with van der Waals surface area (Å²) in [5.41, 5.74) is 13.5. The lowest BCUT2D eigenvalue weighted by molar-refractivity contribution is 1.04. The van der Waals surface area contributed by atoms with E-state index in [9.17, 15) is 0 Å². The Morgan fingerprint density at radius 3 is 1.96 bits per heavy atom. The molecule has 8 aromatic rings. The molecular formula is C48H30S2.